The fourth-order valence-electron chi connectivity index (χ4n) is 4.46. The second kappa shape index (κ2) is 8.71. The van der Waals surface area contributed by atoms with E-state index in [1.807, 2.05) is 41.6 Å². The highest BCUT2D eigenvalue weighted by molar-refractivity contribution is 5.79. The lowest BCUT2D eigenvalue weighted by Crippen LogP contribution is -2.48. The fourth-order valence-corrected chi connectivity index (χ4v) is 4.46. The zero-order valence-electron chi connectivity index (χ0n) is 16.3. The van der Waals surface area contributed by atoms with E-state index in [9.17, 15) is 4.79 Å². The van der Waals surface area contributed by atoms with Crippen LogP contribution in [0.3, 0.4) is 0 Å². The minimum Gasteiger partial charge on any atom is -0.497 e. The molecule has 0 spiro atoms. The number of aromatic nitrogens is 1. The van der Waals surface area contributed by atoms with Crippen molar-refractivity contribution in [2.24, 2.45) is 5.92 Å². The number of hydrogen-bond acceptors (Lipinski definition) is 5. The van der Waals surface area contributed by atoms with Gasteiger partial charge >= 0.3 is 0 Å². The van der Waals surface area contributed by atoms with E-state index >= 15 is 0 Å². The number of pyridine rings is 1. The zero-order chi connectivity index (χ0) is 19.3. The highest BCUT2D eigenvalue weighted by atomic mass is 16.5. The Bertz CT molecular complexity index is 781. The van der Waals surface area contributed by atoms with Gasteiger partial charge in [-0.15, -0.1) is 0 Å². The lowest BCUT2D eigenvalue weighted by atomic mass is 9.81. The standard InChI is InChI=1S/C22H28N4O2/c1-28-19-6-4-16(5-7-19)13-21(27)26-12-2-3-18(15-26)22-20(14-24-25-22)17-8-10-23-11-9-17/h4-11,18,20,22,24-25H,2-3,12-15H2,1H3. The fraction of sp³-hybridized carbons (Fsp3) is 0.455. The van der Waals surface area contributed by atoms with Crippen molar-refractivity contribution in [3.8, 4) is 5.75 Å². The van der Waals surface area contributed by atoms with Crippen LogP contribution in [-0.4, -0.2) is 48.6 Å². The van der Waals surface area contributed by atoms with Gasteiger partial charge in [-0.25, -0.2) is 0 Å². The number of nitrogens with zero attached hydrogens (tertiary/aromatic N) is 2. The van der Waals surface area contributed by atoms with Gasteiger partial charge in [0.1, 0.15) is 5.75 Å². The summed E-state index contributed by atoms with van der Waals surface area (Å²) in [6.07, 6.45) is 6.36. The van der Waals surface area contributed by atoms with Gasteiger partial charge in [0.2, 0.25) is 5.91 Å². The van der Waals surface area contributed by atoms with Gasteiger partial charge in [0, 0.05) is 44.0 Å². The number of nitrogens with one attached hydrogen (secondary N) is 2. The predicted octanol–water partition coefficient (Wildman–Crippen LogP) is 2.13. The third-order valence-corrected chi connectivity index (χ3v) is 5.99. The third kappa shape index (κ3) is 4.18. The molecule has 2 aliphatic rings. The highest BCUT2D eigenvalue weighted by Gasteiger charge is 2.37. The van der Waals surface area contributed by atoms with Crippen molar-refractivity contribution in [1.82, 2.24) is 20.7 Å². The highest BCUT2D eigenvalue weighted by Crippen LogP contribution is 2.31. The average molecular weight is 380 g/mol. The summed E-state index contributed by atoms with van der Waals surface area (Å²) in [6.45, 7) is 2.58. The van der Waals surface area contributed by atoms with Crippen LogP contribution in [0, 0.1) is 5.92 Å². The molecule has 2 aromatic rings. The summed E-state index contributed by atoms with van der Waals surface area (Å²) in [6, 6.07) is 12.3. The quantitative estimate of drug-likeness (QED) is 0.832. The number of piperidine rings is 1. The number of hydrazine groups is 1. The molecule has 28 heavy (non-hydrogen) atoms. The lowest BCUT2D eigenvalue weighted by molar-refractivity contribution is -0.132. The molecule has 0 radical (unpaired) electrons. The molecule has 2 saturated heterocycles. The maximum atomic E-state index is 12.9. The average Bonchev–Trinajstić information content (AvgIpc) is 3.25. The van der Waals surface area contributed by atoms with Gasteiger partial charge in [-0.1, -0.05) is 12.1 Å². The van der Waals surface area contributed by atoms with Gasteiger partial charge in [0.05, 0.1) is 13.5 Å². The van der Waals surface area contributed by atoms with E-state index in [2.05, 4.69) is 28.0 Å². The first-order chi connectivity index (χ1) is 13.7. The largest absolute Gasteiger partial charge is 0.497 e. The van der Waals surface area contributed by atoms with Crippen molar-refractivity contribution in [3.05, 3.63) is 59.9 Å². The maximum Gasteiger partial charge on any atom is 0.226 e. The first-order valence-corrected chi connectivity index (χ1v) is 10.0. The first-order valence-electron chi connectivity index (χ1n) is 10.0. The van der Waals surface area contributed by atoms with Crippen molar-refractivity contribution < 1.29 is 9.53 Å². The summed E-state index contributed by atoms with van der Waals surface area (Å²) < 4.78 is 5.20. The molecule has 148 valence electrons. The van der Waals surface area contributed by atoms with Crippen molar-refractivity contribution in [2.75, 3.05) is 26.7 Å². The van der Waals surface area contributed by atoms with Gasteiger partial charge in [-0.05, 0) is 54.2 Å². The molecule has 1 aromatic heterocycles. The molecule has 3 unspecified atom stereocenters. The number of benzene rings is 1. The summed E-state index contributed by atoms with van der Waals surface area (Å²) in [5.74, 6) is 1.88. The Morgan fingerprint density at radius 1 is 1.21 bits per heavy atom. The van der Waals surface area contributed by atoms with Crippen LogP contribution < -0.4 is 15.6 Å². The number of carbonyl (C=O) groups excluding carboxylic acids is 1. The summed E-state index contributed by atoms with van der Waals surface area (Å²) in [4.78, 5) is 19.1. The molecule has 4 rings (SSSR count). The van der Waals surface area contributed by atoms with E-state index in [-0.39, 0.29) is 5.91 Å². The molecule has 0 saturated carbocycles. The Balaban J connectivity index is 1.40. The number of rotatable bonds is 5. The molecule has 3 atom stereocenters. The Morgan fingerprint density at radius 3 is 2.75 bits per heavy atom. The van der Waals surface area contributed by atoms with Crippen LogP contribution in [-0.2, 0) is 11.2 Å². The van der Waals surface area contributed by atoms with E-state index in [0.29, 0.717) is 24.3 Å². The SMILES string of the molecule is COc1ccc(CC(=O)N2CCCC(C3NNCC3c3ccncc3)C2)cc1. The maximum absolute atomic E-state index is 12.9. The molecule has 6 heteroatoms. The van der Waals surface area contributed by atoms with Crippen LogP contribution in [0.4, 0.5) is 0 Å². The van der Waals surface area contributed by atoms with Crippen LogP contribution >= 0.6 is 0 Å². The van der Waals surface area contributed by atoms with Gasteiger partial charge in [0.15, 0.2) is 0 Å². The molecule has 0 bridgehead atoms. The molecular weight excluding hydrogens is 352 g/mol. The lowest BCUT2D eigenvalue weighted by Gasteiger charge is -2.37. The van der Waals surface area contributed by atoms with E-state index in [4.69, 9.17) is 4.74 Å². The smallest absolute Gasteiger partial charge is 0.226 e. The van der Waals surface area contributed by atoms with E-state index < -0.39 is 0 Å². The topological polar surface area (TPSA) is 66.5 Å². The summed E-state index contributed by atoms with van der Waals surface area (Å²) in [5.41, 5.74) is 9.14. The van der Waals surface area contributed by atoms with Crippen LogP contribution in [0.25, 0.3) is 0 Å². The Labute approximate surface area is 166 Å². The van der Waals surface area contributed by atoms with Crippen LogP contribution in [0.1, 0.15) is 29.9 Å². The summed E-state index contributed by atoms with van der Waals surface area (Å²) in [5, 5.41) is 0. The number of carbonyl (C=O) groups is 1. The zero-order valence-corrected chi connectivity index (χ0v) is 16.3. The molecule has 2 aliphatic heterocycles. The minimum absolute atomic E-state index is 0.210. The number of likely N-dealkylation sites (tertiary alicyclic amines) is 1. The van der Waals surface area contributed by atoms with Crippen LogP contribution in [0.5, 0.6) is 5.75 Å². The van der Waals surface area contributed by atoms with Crippen LogP contribution in [0.2, 0.25) is 0 Å². The molecular formula is C22H28N4O2. The van der Waals surface area contributed by atoms with Gasteiger partial charge in [-0.3, -0.25) is 20.6 Å². The molecule has 2 fully saturated rings. The Morgan fingerprint density at radius 2 is 2.00 bits per heavy atom. The van der Waals surface area contributed by atoms with Crippen molar-refractivity contribution in [2.45, 2.75) is 31.2 Å². The number of hydrogen-bond donors (Lipinski definition) is 2. The molecule has 1 amide bonds. The number of ether oxygens (including phenoxy) is 1. The summed E-state index contributed by atoms with van der Waals surface area (Å²) in [7, 11) is 1.65. The predicted molar refractivity (Wildman–Crippen MR) is 108 cm³/mol. The molecule has 3 heterocycles. The van der Waals surface area contributed by atoms with Gasteiger partial charge in [0.25, 0.3) is 0 Å². The minimum atomic E-state index is 0.210. The first kappa shape index (κ1) is 18.9. The van der Waals surface area contributed by atoms with Crippen molar-refractivity contribution in [3.63, 3.8) is 0 Å². The number of methoxy groups -OCH3 is 1. The van der Waals surface area contributed by atoms with Gasteiger partial charge < -0.3 is 9.64 Å². The number of amides is 1. The Kier molecular flexibility index (Phi) is 5.88. The second-order valence-corrected chi connectivity index (χ2v) is 7.70. The van der Waals surface area contributed by atoms with Crippen molar-refractivity contribution >= 4 is 5.91 Å². The normalized spacial score (nSPS) is 24.9. The molecule has 0 aliphatic carbocycles. The monoisotopic (exact) mass is 380 g/mol. The molecule has 1 aromatic carbocycles. The molecule has 2 N–H and O–H groups in total. The Hall–Kier alpha value is -2.44. The summed E-state index contributed by atoms with van der Waals surface area (Å²) >= 11 is 0. The van der Waals surface area contributed by atoms with Crippen LogP contribution in [0.15, 0.2) is 48.8 Å². The van der Waals surface area contributed by atoms with Gasteiger partial charge in [-0.2, -0.15) is 0 Å². The second-order valence-electron chi connectivity index (χ2n) is 7.70. The van der Waals surface area contributed by atoms with E-state index in [1.54, 1.807) is 7.11 Å². The van der Waals surface area contributed by atoms with E-state index in [1.165, 1.54) is 5.56 Å². The van der Waals surface area contributed by atoms with E-state index in [0.717, 1.165) is 43.8 Å². The van der Waals surface area contributed by atoms with Crippen molar-refractivity contribution in [1.29, 1.82) is 0 Å². The molecule has 6 nitrogen and oxygen atoms in total. The third-order valence-electron chi connectivity index (χ3n) is 5.99.